The summed E-state index contributed by atoms with van der Waals surface area (Å²) in [5, 5.41) is 7.80. The van der Waals surface area contributed by atoms with E-state index >= 15 is 0 Å². The lowest BCUT2D eigenvalue weighted by Crippen LogP contribution is -2.05. The number of rotatable bonds is 4. The second-order valence-corrected chi connectivity index (χ2v) is 7.07. The van der Waals surface area contributed by atoms with Crippen LogP contribution in [0.5, 0.6) is 0 Å². The molecule has 4 rings (SSSR count). The van der Waals surface area contributed by atoms with Crippen molar-refractivity contribution in [3.05, 3.63) is 59.4 Å². The molecule has 0 unspecified atom stereocenters. The highest BCUT2D eigenvalue weighted by atomic mass is 35.5. The van der Waals surface area contributed by atoms with Gasteiger partial charge < -0.3 is 16.4 Å². The van der Waals surface area contributed by atoms with Crippen LogP contribution in [-0.4, -0.2) is 15.0 Å². The molecule has 0 saturated heterocycles. The average molecular weight is 383 g/mol. The van der Waals surface area contributed by atoms with Crippen molar-refractivity contribution >= 4 is 61.3 Å². The van der Waals surface area contributed by atoms with Crippen LogP contribution in [0.1, 0.15) is 5.56 Å². The van der Waals surface area contributed by atoms with Crippen molar-refractivity contribution in [3.63, 3.8) is 0 Å². The zero-order valence-corrected chi connectivity index (χ0v) is 15.4. The van der Waals surface area contributed by atoms with E-state index in [1.165, 1.54) is 17.7 Å². The normalized spacial score (nSPS) is 10.8. The first kappa shape index (κ1) is 16.6. The predicted octanol–water partition coefficient (Wildman–Crippen LogP) is 5.12. The first-order chi connectivity index (χ1) is 12.6. The Morgan fingerprint density at radius 1 is 1.00 bits per heavy atom. The van der Waals surface area contributed by atoms with E-state index in [0.29, 0.717) is 22.3 Å². The maximum Gasteiger partial charge on any atom is 0.189 e. The van der Waals surface area contributed by atoms with Crippen LogP contribution in [0.3, 0.4) is 0 Å². The van der Waals surface area contributed by atoms with Gasteiger partial charge in [-0.3, -0.25) is 0 Å². The molecule has 2 heterocycles. The Hall–Kier alpha value is -2.90. The highest BCUT2D eigenvalue weighted by Crippen LogP contribution is 2.33. The number of fused-ring (bicyclic) bond motifs is 1. The van der Waals surface area contributed by atoms with Crippen molar-refractivity contribution in [3.8, 4) is 0 Å². The topological polar surface area (TPSA) is 88.8 Å². The van der Waals surface area contributed by atoms with E-state index in [2.05, 4.69) is 25.6 Å². The Morgan fingerprint density at radius 2 is 1.77 bits per heavy atom. The van der Waals surface area contributed by atoms with E-state index < -0.39 is 0 Å². The van der Waals surface area contributed by atoms with Gasteiger partial charge in [0, 0.05) is 10.7 Å². The molecule has 0 atom stereocenters. The van der Waals surface area contributed by atoms with Crippen molar-refractivity contribution in [1.82, 2.24) is 15.0 Å². The van der Waals surface area contributed by atoms with Gasteiger partial charge >= 0.3 is 0 Å². The van der Waals surface area contributed by atoms with Gasteiger partial charge in [-0.1, -0.05) is 41.1 Å². The van der Waals surface area contributed by atoms with Crippen LogP contribution in [0.2, 0.25) is 5.02 Å². The largest absolute Gasteiger partial charge is 0.393 e. The van der Waals surface area contributed by atoms with E-state index in [1.807, 2.05) is 49.4 Å². The minimum absolute atomic E-state index is 0.408. The van der Waals surface area contributed by atoms with Crippen molar-refractivity contribution < 1.29 is 0 Å². The zero-order valence-electron chi connectivity index (χ0n) is 13.8. The third-order valence-corrected chi connectivity index (χ3v) is 5.29. The first-order valence-electron chi connectivity index (χ1n) is 7.87. The number of nitrogens with zero attached hydrogens (tertiary/aromatic N) is 3. The molecule has 4 aromatic rings. The summed E-state index contributed by atoms with van der Waals surface area (Å²) in [6.45, 7) is 1.93. The summed E-state index contributed by atoms with van der Waals surface area (Å²) in [6, 6.07) is 13.6. The summed E-state index contributed by atoms with van der Waals surface area (Å²) < 4.78 is 1.09. The van der Waals surface area contributed by atoms with E-state index in [1.54, 1.807) is 0 Å². The fourth-order valence-corrected chi connectivity index (χ4v) is 3.53. The minimum Gasteiger partial charge on any atom is -0.393 e. The van der Waals surface area contributed by atoms with Gasteiger partial charge in [-0.05, 0) is 36.8 Å². The number of nitrogens with two attached hydrogens (primary N) is 1. The van der Waals surface area contributed by atoms with Crippen LogP contribution in [0, 0.1) is 6.92 Å². The maximum atomic E-state index is 6.26. The van der Waals surface area contributed by atoms with Crippen molar-refractivity contribution in [1.29, 1.82) is 0 Å². The summed E-state index contributed by atoms with van der Waals surface area (Å²) in [4.78, 5) is 13.0. The number of nitrogens with one attached hydrogen (secondary N) is 2. The number of benzene rings is 2. The summed E-state index contributed by atoms with van der Waals surface area (Å²) >= 11 is 7.71. The molecule has 0 aliphatic heterocycles. The van der Waals surface area contributed by atoms with Crippen molar-refractivity contribution in [2.75, 3.05) is 16.4 Å². The highest BCUT2D eigenvalue weighted by molar-refractivity contribution is 7.22. The van der Waals surface area contributed by atoms with Crippen LogP contribution < -0.4 is 16.4 Å². The molecular weight excluding hydrogens is 368 g/mol. The number of hydrogen-bond donors (Lipinski definition) is 3. The molecule has 0 radical (unpaired) electrons. The summed E-state index contributed by atoms with van der Waals surface area (Å²) in [5.41, 5.74) is 9.36. The molecule has 130 valence electrons. The molecule has 0 bridgehead atoms. The fourth-order valence-electron chi connectivity index (χ4n) is 2.49. The molecule has 0 saturated carbocycles. The molecule has 0 fully saturated rings. The molecule has 0 aliphatic carbocycles. The third-order valence-electron chi connectivity index (χ3n) is 3.92. The zero-order chi connectivity index (χ0) is 18.1. The van der Waals surface area contributed by atoms with Crippen molar-refractivity contribution in [2.45, 2.75) is 6.92 Å². The standard InChI is InChI=1S/C18H15ClN6S/c1-10-11(19)5-4-7-12(10)23-16-15(20)17(22-9-21-16)25-18-24-13-6-2-3-8-14(13)26-18/h2-9H,20H2,1H3,(H2,21,22,23,24,25). The van der Waals surface area contributed by atoms with Gasteiger partial charge in [-0.2, -0.15) is 0 Å². The molecule has 26 heavy (non-hydrogen) atoms. The number of thiazole rings is 1. The summed E-state index contributed by atoms with van der Waals surface area (Å²) in [5.74, 6) is 1.01. The first-order valence-corrected chi connectivity index (χ1v) is 9.06. The lowest BCUT2D eigenvalue weighted by molar-refractivity contribution is 1.17. The number of hydrogen-bond acceptors (Lipinski definition) is 7. The Kier molecular flexibility index (Phi) is 4.32. The number of nitrogen functional groups attached to an aromatic ring is 1. The average Bonchev–Trinajstić information content (AvgIpc) is 3.04. The van der Waals surface area contributed by atoms with Gasteiger partial charge in [0.1, 0.15) is 12.0 Å². The number of halogens is 1. The smallest absolute Gasteiger partial charge is 0.189 e. The molecule has 4 N–H and O–H groups in total. The van der Waals surface area contributed by atoms with E-state index in [9.17, 15) is 0 Å². The second kappa shape index (κ2) is 6.78. The molecular formula is C18H15ClN6S. The Balaban J connectivity index is 1.64. The van der Waals surface area contributed by atoms with Crippen molar-refractivity contribution in [2.24, 2.45) is 0 Å². The third kappa shape index (κ3) is 3.14. The predicted molar refractivity (Wildman–Crippen MR) is 109 cm³/mol. The minimum atomic E-state index is 0.408. The molecule has 6 nitrogen and oxygen atoms in total. The molecule has 2 aromatic heterocycles. The molecule has 2 aromatic carbocycles. The van der Waals surface area contributed by atoms with E-state index in [4.69, 9.17) is 17.3 Å². The van der Waals surface area contributed by atoms with E-state index in [-0.39, 0.29) is 0 Å². The lowest BCUT2D eigenvalue weighted by atomic mass is 10.2. The molecule has 8 heteroatoms. The van der Waals surface area contributed by atoms with Gasteiger partial charge in [0.2, 0.25) is 0 Å². The lowest BCUT2D eigenvalue weighted by Gasteiger charge is -2.13. The Morgan fingerprint density at radius 3 is 2.58 bits per heavy atom. The summed E-state index contributed by atoms with van der Waals surface area (Å²) in [7, 11) is 0. The highest BCUT2D eigenvalue weighted by Gasteiger charge is 2.12. The van der Waals surface area contributed by atoms with Crippen LogP contribution in [0.4, 0.5) is 28.1 Å². The Bertz CT molecular complexity index is 1060. The van der Waals surface area contributed by atoms with Gasteiger partial charge in [-0.15, -0.1) is 0 Å². The van der Waals surface area contributed by atoms with Gasteiger partial charge in [0.25, 0.3) is 0 Å². The van der Waals surface area contributed by atoms with Crippen LogP contribution >= 0.6 is 22.9 Å². The summed E-state index contributed by atoms with van der Waals surface area (Å²) in [6.07, 6.45) is 1.45. The number of aromatic nitrogens is 3. The molecule has 0 amide bonds. The molecule has 0 aliphatic rings. The molecule has 0 spiro atoms. The second-order valence-electron chi connectivity index (χ2n) is 5.63. The van der Waals surface area contributed by atoms with Crippen LogP contribution in [-0.2, 0) is 0 Å². The maximum absolute atomic E-state index is 6.26. The number of anilines is 5. The number of para-hydroxylation sites is 1. The van der Waals surface area contributed by atoms with Crippen LogP contribution in [0.15, 0.2) is 48.8 Å². The van der Waals surface area contributed by atoms with Gasteiger partial charge in [0.15, 0.2) is 16.8 Å². The van der Waals surface area contributed by atoms with Crippen LogP contribution in [0.25, 0.3) is 10.2 Å². The SMILES string of the molecule is Cc1c(Cl)cccc1Nc1ncnc(Nc2nc3ccccc3s2)c1N. The fraction of sp³-hybridized carbons (Fsp3) is 0.0556. The quantitative estimate of drug-likeness (QED) is 0.454. The Labute approximate surface area is 159 Å². The van der Waals surface area contributed by atoms with Gasteiger partial charge in [0.05, 0.1) is 10.2 Å². The van der Waals surface area contributed by atoms with Gasteiger partial charge in [-0.25, -0.2) is 15.0 Å². The van der Waals surface area contributed by atoms with E-state index in [0.717, 1.165) is 26.6 Å². The monoisotopic (exact) mass is 382 g/mol.